The molecule has 0 aromatic carbocycles. The van der Waals surface area contributed by atoms with Crippen LogP contribution in [0.15, 0.2) is 20.3 Å². The summed E-state index contributed by atoms with van der Waals surface area (Å²) in [5, 5.41) is 10.8. The standard InChI is InChI=1S/C11H10BrNO2S3/c1-6-8(4-10(14)15)18-11(13-6)17-5-9-7(12)2-3-16-9/h2-3H,4-5H2,1H3,(H,14,15). The highest BCUT2D eigenvalue weighted by Crippen LogP contribution is 2.33. The maximum Gasteiger partial charge on any atom is 0.308 e. The first-order valence-electron chi connectivity index (χ1n) is 5.09. The monoisotopic (exact) mass is 363 g/mol. The number of thiophene rings is 1. The van der Waals surface area contributed by atoms with Crippen LogP contribution in [0.25, 0.3) is 0 Å². The molecule has 18 heavy (non-hydrogen) atoms. The lowest BCUT2D eigenvalue weighted by Crippen LogP contribution is -1.99. The van der Waals surface area contributed by atoms with Crippen molar-refractivity contribution in [1.82, 2.24) is 4.98 Å². The largest absolute Gasteiger partial charge is 0.481 e. The molecule has 0 saturated heterocycles. The van der Waals surface area contributed by atoms with Gasteiger partial charge in [-0.15, -0.1) is 22.7 Å². The number of hydrogen-bond acceptors (Lipinski definition) is 5. The van der Waals surface area contributed by atoms with Crippen LogP contribution in [0.4, 0.5) is 0 Å². The second-order valence-corrected chi connectivity index (χ2v) is 7.70. The summed E-state index contributed by atoms with van der Waals surface area (Å²) in [5.74, 6) is 0.0526. The molecule has 0 unspecified atom stereocenters. The Bertz CT molecular complexity index is 564. The number of carboxylic acids is 1. The molecule has 0 atom stereocenters. The van der Waals surface area contributed by atoms with Gasteiger partial charge in [-0.1, -0.05) is 11.8 Å². The number of halogens is 1. The minimum Gasteiger partial charge on any atom is -0.481 e. The van der Waals surface area contributed by atoms with E-state index in [-0.39, 0.29) is 6.42 Å². The highest BCUT2D eigenvalue weighted by molar-refractivity contribution is 9.10. The van der Waals surface area contributed by atoms with E-state index in [0.717, 1.165) is 25.1 Å². The van der Waals surface area contributed by atoms with E-state index in [9.17, 15) is 4.79 Å². The van der Waals surface area contributed by atoms with Gasteiger partial charge in [0.05, 0.1) is 12.1 Å². The van der Waals surface area contributed by atoms with Crippen molar-refractivity contribution < 1.29 is 9.90 Å². The first-order chi connectivity index (χ1) is 8.56. The fraction of sp³-hybridized carbons (Fsp3) is 0.273. The molecule has 2 aromatic rings. The molecule has 0 amide bonds. The summed E-state index contributed by atoms with van der Waals surface area (Å²) in [7, 11) is 0. The smallest absolute Gasteiger partial charge is 0.308 e. The molecule has 0 fully saturated rings. The number of aliphatic carboxylic acids is 1. The molecule has 2 heterocycles. The fourth-order valence-corrected chi connectivity index (χ4v) is 5.34. The van der Waals surface area contributed by atoms with Crippen molar-refractivity contribution in [1.29, 1.82) is 0 Å². The van der Waals surface area contributed by atoms with Crippen LogP contribution in [0.5, 0.6) is 0 Å². The summed E-state index contributed by atoms with van der Waals surface area (Å²) in [6.45, 7) is 1.86. The number of aryl methyl sites for hydroxylation is 1. The van der Waals surface area contributed by atoms with Gasteiger partial charge in [0.2, 0.25) is 0 Å². The normalized spacial score (nSPS) is 10.8. The van der Waals surface area contributed by atoms with Gasteiger partial charge in [-0.05, 0) is 34.3 Å². The van der Waals surface area contributed by atoms with Crippen LogP contribution in [0.1, 0.15) is 15.4 Å². The first-order valence-corrected chi connectivity index (χ1v) is 8.56. The lowest BCUT2D eigenvalue weighted by molar-refractivity contribution is -0.136. The number of carboxylic acid groups (broad SMARTS) is 1. The second-order valence-electron chi connectivity index (χ2n) is 3.54. The fourth-order valence-electron chi connectivity index (χ4n) is 1.32. The number of thioether (sulfide) groups is 1. The van der Waals surface area contributed by atoms with Crippen LogP contribution in [-0.4, -0.2) is 16.1 Å². The molecule has 2 rings (SSSR count). The summed E-state index contributed by atoms with van der Waals surface area (Å²) in [5.41, 5.74) is 0.829. The predicted molar refractivity (Wildman–Crippen MR) is 79.8 cm³/mol. The lowest BCUT2D eigenvalue weighted by atomic mass is 10.3. The average molecular weight is 364 g/mol. The van der Waals surface area contributed by atoms with Crippen molar-refractivity contribution in [2.24, 2.45) is 0 Å². The van der Waals surface area contributed by atoms with E-state index in [2.05, 4.69) is 20.9 Å². The molecule has 3 nitrogen and oxygen atoms in total. The quantitative estimate of drug-likeness (QED) is 0.808. The number of rotatable bonds is 5. The summed E-state index contributed by atoms with van der Waals surface area (Å²) >= 11 is 8.33. The predicted octanol–water partition coefficient (Wildman–Crippen LogP) is 4.19. The topological polar surface area (TPSA) is 50.2 Å². The maximum atomic E-state index is 10.7. The second kappa shape index (κ2) is 6.18. The number of aromatic nitrogens is 1. The Kier molecular flexibility index (Phi) is 4.83. The molecule has 0 aliphatic carbocycles. The minimum atomic E-state index is -0.806. The van der Waals surface area contributed by atoms with E-state index in [1.807, 2.05) is 18.4 Å². The highest BCUT2D eigenvalue weighted by atomic mass is 79.9. The average Bonchev–Trinajstić information content (AvgIpc) is 2.83. The zero-order valence-corrected chi connectivity index (χ0v) is 13.5. The molecule has 0 saturated carbocycles. The summed E-state index contributed by atoms with van der Waals surface area (Å²) in [6, 6.07) is 2.03. The Morgan fingerprint density at radius 3 is 2.94 bits per heavy atom. The third-order valence-electron chi connectivity index (χ3n) is 2.20. The molecule has 0 aliphatic rings. The van der Waals surface area contributed by atoms with Crippen molar-refractivity contribution in [3.05, 3.63) is 31.4 Å². The Balaban J connectivity index is 2.02. The zero-order chi connectivity index (χ0) is 13.1. The minimum absolute atomic E-state index is 0.0623. The molecule has 0 bridgehead atoms. The van der Waals surface area contributed by atoms with Crippen molar-refractivity contribution in [2.45, 2.75) is 23.4 Å². The lowest BCUT2D eigenvalue weighted by Gasteiger charge is -1.95. The van der Waals surface area contributed by atoms with E-state index < -0.39 is 5.97 Å². The van der Waals surface area contributed by atoms with Crippen LogP contribution in [0.2, 0.25) is 0 Å². The van der Waals surface area contributed by atoms with Gasteiger partial charge in [0.1, 0.15) is 0 Å². The molecule has 0 radical (unpaired) electrons. The van der Waals surface area contributed by atoms with Crippen molar-refractivity contribution in [2.75, 3.05) is 0 Å². The molecular weight excluding hydrogens is 354 g/mol. The van der Waals surface area contributed by atoms with E-state index in [0.29, 0.717) is 0 Å². The van der Waals surface area contributed by atoms with Crippen molar-refractivity contribution in [3.63, 3.8) is 0 Å². The van der Waals surface area contributed by atoms with Gasteiger partial charge < -0.3 is 5.11 Å². The maximum absolute atomic E-state index is 10.7. The summed E-state index contributed by atoms with van der Waals surface area (Å²) < 4.78 is 2.06. The summed E-state index contributed by atoms with van der Waals surface area (Å²) in [4.78, 5) is 17.2. The molecule has 2 aromatic heterocycles. The van der Waals surface area contributed by atoms with Crippen LogP contribution in [0, 0.1) is 6.92 Å². The van der Waals surface area contributed by atoms with E-state index >= 15 is 0 Å². The molecular formula is C11H10BrNO2S3. The van der Waals surface area contributed by atoms with E-state index in [1.165, 1.54) is 16.2 Å². The van der Waals surface area contributed by atoms with Gasteiger partial charge in [-0.3, -0.25) is 4.79 Å². The van der Waals surface area contributed by atoms with Gasteiger partial charge in [-0.2, -0.15) is 0 Å². The Morgan fingerprint density at radius 2 is 2.33 bits per heavy atom. The first kappa shape index (κ1) is 14.0. The van der Waals surface area contributed by atoms with Crippen LogP contribution < -0.4 is 0 Å². The SMILES string of the molecule is Cc1nc(SCc2sccc2Br)sc1CC(=O)O. The Morgan fingerprint density at radius 1 is 1.56 bits per heavy atom. The van der Waals surface area contributed by atoms with E-state index in [1.54, 1.807) is 23.1 Å². The van der Waals surface area contributed by atoms with Gasteiger partial charge in [0.15, 0.2) is 4.34 Å². The number of thiazole rings is 1. The molecule has 0 spiro atoms. The Labute approximate surface area is 125 Å². The third kappa shape index (κ3) is 3.57. The molecule has 0 aliphatic heterocycles. The number of carbonyl (C=O) groups is 1. The molecule has 7 heteroatoms. The van der Waals surface area contributed by atoms with Crippen LogP contribution in [-0.2, 0) is 17.0 Å². The zero-order valence-electron chi connectivity index (χ0n) is 9.47. The summed E-state index contributed by atoms with van der Waals surface area (Å²) in [6.07, 6.45) is 0.0623. The molecule has 1 N–H and O–H groups in total. The highest BCUT2D eigenvalue weighted by Gasteiger charge is 2.12. The number of hydrogen-bond donors (Lipinski definition) is 1. The van der Waals surface area contributed by atoms with Gasteiger partial charge in [-0.25, -0.2) is 4.98 Å². The van der Waals surface area contributed by atoms with Gasteiger partial charge in [0.25, 0.3) is 0 Å². The van der Waals surface area contributed by atoms with Gasteiger partial charge >= 0.3 is 5.97 Å². The van der Waals surface area contributed by atoms with E-state index in [4.69, 9.17) is 5.11 Å². The third-order valence-corrected chi connectivity index (χ3v) is 6.64. The van der Waals surface area contributed by atoms with Crippen molar-refractivity contribution in [3.8, 4) is 0 Å². The van der Waals surface area contributed by atoms with Crippen LogP contribution >= 0.6 is 50.4 Å². The van der Waals surface area contributed by atoms with Crippen LogP contribution in [0.3, 0.4) is 0 Å². The van der Waals surface area contributed by atoms with Gasteiger partial charge in [0, 0.05) is 20.0 Å². The molecule has 96 valence electrons. The Hall–Kier alpha value is -0.370. The number of nitrogens with zero attached hydrogens (tertiary/aromatic N) is 1. The van der Waals surface area contributed by atoms with Crippen molar-refractivity contribution >= 4 is 56.3 Å².